The van der Waals surface area contributed by atoms with Crippen LogP contribution in [0.15, 0.2) is 40.8 Å². The maximum Gasteiger partial charge on any atom is 0.164 e. The molecule has 20 heavy (non-hydrogen) atoms. The molecule has 108 valence electrons. The highest BCUT2D eigenvalue weighted by Crippen LogP contribution is 2.17. The van der Waals surface area contributed by atoms with Gasteiger partial charge in [-0.05, 0) is 65.1 Å². The number of rotatable bonds is 6. The zero-order valence-electron chi connectivity index (χ0n) is 12.3. The van der Waals surface area contributed by atoms with E-state index < -0.39 is 0 Å². The van der Waals surface area contributed by atoms with Crippen LogP contribution in [0.2, 0.25) is 0 Å². The third-order valence-electron chi connectivity index (χ3n) is 3.34. The normalized spacial score (nSPS) is 12.8. The lowest BCUT2D eigenvalue weighted by atomic mass is 10.00. The van der Waals surface area contributed by atoms with E-state index in [-0.39, 0.29) is 0 Å². The molecule has 2 rings (SSSR count). The monoisotopic (exact) mass is 383 g/mol. The molecule has 0 aliphatic rings. The molecule has 3 heteroatoms. The molecule has 1 heterocycles. The highest BCUT2D eigenvalue weighted by Gasteiger charge is 2.07. The summed E-state index contributed by atoms with van der Waals surface area (Å²) in [6.45, 7) is 7.45. The molecular formula is C17H22INO. The van der Waals surface area contributed by atoms with Gasteiger partial charge in [-0.2, -0.15) is 0 Å². The molecule has 0 saturated heterocycles. The van der Waals surface area contributed by atoms with Crippen molar-refractivity contribution in [3.05, 3.63) is 57.1 Å². The van der Waals surface area contributed by atoms with E-state index in [1.807, 2.05) is 12.1 Å². The Bertz CT molecular complexity index is 530. The number of hydrogen-bond acceptors (Lipinski definition) is 2. The fraction of sp³-hybridized carbons (Fsp3) is 0.412. The van der Waals surface area contributed by atoms with Crippen LogP contribution in [0.25, 0.3) is 0 Å². The van der Waals surface area contributed by atoms with Gasteiger partial charge in [0.2, 0.25) is 0 Å². The summed E-state index contributed by atoms with van der Waals surface area (Å²) in [6, 6.07) is 13.3. The van der Waals surface area contributed by atoms with E-state index in [1.54, 1.807) is 0 Å². The van der Waals surface area contributed by atoms with E-state index in [9.17, 15) is 0 Å². The lowest BCUT2D eigenvalue weighted by molar-refractivity contribution is 0.445. The third kappa shape index (κ3) is 4.63. The van der Waals surface area contributed by atoms with Gasteiger partial charge in [0, 0.05) is 6.04 Å². The number of hydrogen-bond donors (Lipinski definition) is 1. The van der Waals surface area contributed by atoms with Gasteiger partial charge in [-0.3, -0.25) is 0 Å². The fourth-order valence-corrected chi connectivity index (χ4v) is 2.69. The van der Waals surface area contributed by atoms with E-state index in [2.05, 4.69) is 72.9 Å². The summed E-state index contributed by atoms with van der Waals surface area (Å²) in [4.78, 5) is 0. The van der Waals surface area contributed by atoms with E-state index in [4.69, 9.17) is 4.42 Å². The van der Waals surface area contributed by atoms with Crippen LogP contribution in [0.4, 0.5) is 0 Å². The van der Waals surface area contributed by atoms with Crippen LogP contribution in [0.3, 0.4) is 0 Å². The Hall–Kier alpha value is -0.810. The molecule has 0 amide bonds. The molecule has 0 aliphatic carbocycles. The second-order valence-corrected chi connectivity index (χ2v) is 6.71. The molecule has 1 N–H and O–H groups in total. The Morgan fingerprint density at radius 2 is 1.75 bits per heavy atom. The van der Waals surface area contributed by atoms with Crippen LogP contribution in [-0.2, 0) is 13.0 Å². The Balaban J connectivity index is 1.90. The molecule has 1 aromatic heterocycles. The highest BCUT2D eigenvalue weighted by atomic mass is 127. The molecule has 0 fully saturated rings. The molecule has 1 unspecified atom stereocenters. The molecule has 1 aromatic carbocycles. The van der Waals surface area contributed by atoms with Gasteiger partial charge < -0.3 is 9.73 Å². The standard InChI is InChI=1S/C17H22INO/c1-12(2)10-14-4-6-15(7-5-14)13(3)19-11-16-8-9-17(18)20-16/h4-9,12-13,19H,10-11H2,1-3H3. The van der Waals surface area contributed by atoms with Crippen molar-refractivity contribution < 1.29 is 4.42 Å². The van der Waals surface area contributed by atoms with Crippen molar-refractivity contribution in [1.29, 1.82) is 0 Å². The second kappa shape index (κ2) is 7.27. The Kier molecular flexibility index (Phi) is 5.66. The van der Waals surface area contributed by atoms with E-state index in [0.29, 0.717) is 12.0 Å². The summed E-state index contributed by atoms with van der Waals surface area (Å²) in [5.41, 5.74) is 2.73. The minimum absolute atomic E-state index is 0.325. The van der Waals surface area contributed by atoms with Gasteiger partial charge >= 0.3 is 0 Å². The number of halogens is 1. The Morgan fingerprint density at radius 1 is 1.05 bits per heavy atom. The Morgan fingerprint density at radius 3 is 2.30 bits per heavy atom. The van der Waals surface area contributed by atoms with Crippen LogP contribution in [0, 0.1) is 9.68 Å². The summed E-state index contributed by atoms with van der Waals surface area (Å²) < 4.78 is 6.49. The quantitative estimate of drug-likeness (QED) is 0.716. The molecule has 0 radical (unpaired) electrons. The predicted octanol–water partition coefficient (Wildman–Crippen LogP) is 4.93. The molecule has 2 nitrogen and oxygen atoms in total. The number of furan rings is 1. The smallest absolute Gasteiger partial charge is 0.164 e. The van der Waals surface area contributed by atoms with Crippen molar-refractivity contribution in [1.82, 2.24) is 5.32 Å². The molecular weight excluding hydrogens is 361 g/mol. The van der Waals surface area contributed by atoms with Crippen LogP contribution < -0.4 is 5.32 Å². The largest absolute Gasteiger partial charge is 0.454 e. The number of nitrogens with one attached hydrogen (secondary N) is 1. The molecule has 0 spiro atoms. The summed E-state index contributed by atoms with van der Waals surface area (Å²) in [5, 5.41) is 3.49. The summed E-state index contributed by atoms with van der Waals surface area (Å²) in [5.74, 6) is 1.69. The first-order chi connectivity index (χ1) is 9.54. The first-order valence-electron chi connectivity index (χ1n) is 7.11. The van der Waals surface area contributed by atoms with Gasteiger partial charge in [-0.25, -0.2) is 0 Å². The molecule has 1 atom stereocenters. The zero-order chi connectivity index (χ0) is 14.5. The van der Waals surface area contributed by atoms with E-state index >= 15 is 0 Å². The average molecular weight is 383 g/mol. The highest BCUT2D eigenvalue weighted by molar-refractivity contribution is 14.1. The zero-order valence-corrected chi connectivity index (χ0v) is 14.5. The SMILES string of the molecule is CC(C)Cc1ccc(C(C)NCc2ccc(I)o2)cc1. The van der Waals surface area contributed by atoms with Crippen molar-refractivity contribution in [3.63, 3.8) is 0 Å². The first kappa shape index (κ1) is 15.6. The van der Waals surface area contributed by atoms with Gasteiger partial charge in [0.15, 0.2) is 3.77 Å². The van der Waals surface area contributed by atoms with Crippen molar-refractivity contribution in [2.75, 3.05) is 0 Å². The van der Waals surface area contributed by atoms with Gasteiger partial charge in [-0.1, -0.05) is 38.1 Å². The van der Waals surface area contributed by atoms with Crippen molar-refractivity contribution in [2.24, 2.45) is 5.92 Å². The van der Waals surface area contributed by atoms with Gasteiger partial charge in [-0.15, -0.1) is 0 Å². The van der Waals surface area contributed by atoms with Crippen LogP contribution >= 0.6 is 22.6 Å². The van der Waals surface area contributed by atoms with Crippen molar-refractivity contribution >= 4 is 22.6 Å². The Labute approximate surface area is 135 Å². The minimum atomic E-state index is 0.325. The van der Waals surface area contributed by atoms with Crippen LogP contribution in [-0.4, -0.2) is 0 Å². The minimum Gasteiger partial charge on any atom is -0.454 e. The van der Waals surface area contributed by atoms with E-state index in [1.165, 1.54) is 11.1 Å². The van der Waals surface area contributed by atoms with Gasteiger partial charge in [0.25, 0.3) is 0 Å². The first-order valence-corrected chi connectivity index (χ1v) is 8.19. The lowest BCUT2D eigenvalue weighted by Gasteiger charge is -2.14. The number of benzene rings is 1. The lowest BCUT2D eigenvalue weighted by Crippen LogP contribution is -2.17. The topological polar surface area (TPSA) is 25.2 Å². The average Bonchev–Trinajstić information content (AvgIpc) is 2.82. The van der Waals surface area contributed by atoms with E-state index in [0.717, 1.165) is 22.5 Å². The molecule has 2 aromatic rings. The van der Waals surface area contributed by atoms with Gasteiger partial charge in [0.1, 0.15) is 5.76 Å². The molecule has 0 bridgehead atoms. The molecule has 0 aliphatic heterocycles. The van der Waals surface area contributed by atoms with Crippen molar-refractivity contribution in [2.45, 2.75) is 39.8 Å². The van der Waals surface area contributed by atoms with Crippen molar-refractivity contribution in [3.8, 4) is 0 Å². The maximum absolute atomic E-state index is 5.56. The maximum atomic E-state index is 5.56. The molecule has 0 saturated carbocycles. The third-order valence-corrected chi connectivity index (χ3v) is 3.91. The summed E-state index contributed by atoms with van der Waals surface area (Å²) in [7, 11) is 0. The summed E-state index contributed by atoms with van der Waals surface area (Å²) in [6.07, 6.45) is 1.15. The van der Waals surface area contributed by atoms with Crippen LogP contribution in [0.5, 0.6) is 0 Å². The van der Waals surface area contributed by atoms with Gasteiger partial charge in [0.05, 0.1) is 6.54 Å². The summed E-state index contributed by atoms with van der Waals surface area (Å²) >= 11 is 2.19. The predicted molar refractivity (Wildman–Crippen MR) is 91.7 cm³/mol. The second-order valence-electron chi connectivity index (χ2n) is 5.65. The van der Waals surface area contributed by atoms with Crippen LogP contribution in [0.1, 0.15) is 43.7 Å². The fourth-order valence-electron chi connectivity index (χ4n) is 2.23.